The minimum Gasteiger partial charge on any atom is -0.466 e. The lowest BCUT2D eigenvalue weighted by Gasteiger charge is -2.40. The molecule has 0 bridgehead atoms. The summed E-state index contributed by atoms with van der Waals surface area (Å²) >= 11 is 0. The summed E-state index contributed by atoms with van der Waals surface area (Å²) in [6.07, 6.45) is 55.2. The quantitative estimate of drug-likeness (QED) is 0.0195. The Morgan fingerprint density at radius 3 is 1.34 bits per heavy atom. The number of aliphatic hydroxyl groups is 5. The monoisotopic (exact) mass is 1050 g/mol. The lowest BCUT2D eigenvalue weighted by molar-refractivity contribution is -0.302. The van der Waals surface area contributed by atoms with Gasteiger partial charge in [0.1, 0.15) is 24.4 Å². The number of amides is 1. The fraction of sp³-hybridized carbons (Fsp3) is 0.873. The highest BCUT2D eigenvalue weighted by molar-refractivity contribution is 5.76. The van der Waals surface area contributed by atoms with Crippen LogP contribution in [-0.4, -0.2) is 100 Å². The van der Waals surface area contributed by atoms with Gasteiger partial charge in [-0.25, -0.2) is 0 Å². The third-order valence-corrected chi connectivity index (χ3v) is 14.7. The van der Waals surface area contributed by atoms with Gasteiger partial charge in [0.25, 0.3) is 0 Å². The van der Waals surface area contributed by atoms with Crippen LogP contribution in [0, 0.1) is 0 Å². The van der Waals surface area contributed by atoms with Crippen molar-refractivity contribution in [3.8, 4) is 0 Å². The second-order valence-electron chi connectivity index (χ2n) is 21.8. The molecule has 74 heavy (non-hydrogen) atoms. The van der Waals surface area contributed by atoms with Gasteiger partial charge in [-0.2, -0.15) is 0 Å². The lowest BCUT2D eigenvalue weighted by atomic mass is 9.99. The van der Waals surface area contributed by atoms with E-state index in [2.05, 4.69) is 43.5 Å². The van der Waals surface area contributed by atoms with Crippen molar-refractivity contribution in [2.75, 3.05) is 19.8 Å². The number of carbonyl (C=O) groups is 2. The molecule has 0 aliphatic carbocycles. The molecule has 1 fully saturated rings. The van der Waals surface area contributed by atoms with E-state index >= 15 is 0 Å². The van der Waals surface area contributed by atoms with E-state index < -0.39 is 49.5 Å². The first-order chi connectivity index (χ1) is 36.2. The van der Waals surface area contributed by atoms with Crippen LogP contribution in [0.15, 0.2) is 36.5 Å². The normalized spacial score (nSPS) is 19.0. The summed E-state index contributed by atoms with van der Waals surface area (Å²) in [7, 11) is 0. The Kier molecular flexibility index (Phi) is 50.0. The largest absolute Gasteiger partial charge is 0.466 e. The Morgan fingerprint density at radius 2 is 0.878 bits per heavy atom. The molecule has 11 nitrogen and oxygen atoms in total. The fourth-order valence-corrected chi connectivity index (χ4v) is 9.76. The number of allylic oxidation sites excluding steroid dienone is 5. The van der Waals surface area contributed by atoms with Gasteiger partial charge in [-0.3, -0.25) is 9.59 Å². The minimum absolute atomic E-state index is 0.00450. The molecule has 0 radical (unpaired) electrons. The molecule has 7 atom stereocenters. The van der Waals surface area contributed by atoms with Crippen LogP contribution in [0.2, 0.25) is 0 Å². The Hall–Kier alpha value is -2.12. The van der Waals surface area contributed by atoms with Crippen molar-refractivity contribution in [2.45, 2.75) is 333 Å². The van der Waals surface area contributed by atoms with Gasteiger partial charge in [-0.05, 0) is 57.8 Å². The number of esters is 1. The molecule has 0 spiro atoms. The van der Waals surface area contributed by atoms with E-state index in [1.165, 1.54) is 186 Å². The Morgan fingerprint density at radius 1 is 0.486 bits per heavy atom. The number of rotatable bonds is 54. The lowest BCUT2D eigenvalue weighted by Crippen LogP contribution is -2.60. The smallest absolute Gasteiger partial charge is 0.305 e. The van der Waals surface area contributed by atoms with Crippen LogP contribution in [0.3, 0.4) is 0 Å². The van der Waals surface area contributed by atoms with Crippen molar-refractivity contribution in [3.05, 3.63) is 36.5 Å². The molecule has 0 aromatic rings. The molecule has 7 unspecified atom stereocenters. The molecule has 6 N–H and O–H groups in total. The zero-order valence-corrected chi connectivity index (χ0v) is 47.8. The topological polar surface area (TPSA) is 175 Å². The van der Waals surface area contributed by atoms with Crippen molar-refractivity contribution in [1.29, 1.82) is 0 Å². The average molecular weight is 1050 g/mol. The van der Waals surface area contributed by atoms with Crippen molar-refractivity contribution >= 4 is 11.9 Å². The molecule has 11 heteroatoms. The van der Waals surface area contributed by atoms with Gasteiger partial charge in [0.05, 0.1) is 32.0 Å². The molecule has 1 rings (SSSR count). The highest BCUT2D eigenvalue weighted by Crippen LogP contribution is 2.23. The van der Waals surface area contributed by atoms with E-state index in [1.807, 2.05) is 6.08 Å². The van der Waals surface area contributed by atoms with Crippen molar-refractivity contribution in [1.82, 2.24) is 5.32 Å². The molecule has 1 amide bonds. The summed E-state index contributed by atoms with van der Waals surface area (Å²) in [5.74, 6) is -0.202. The summed E-state index contributed by atoms with van der Waals surface area (Å²) in [6.45, 7) is 4.31. The molecule has 0 aromatic carbocycles. The molecule has 434 valence electrons. The second kappa shape index (κ2) is 52.9. The molecular weight excluding hydrogens is 931 g/mol. The van der Waals surface area contributed by atoms with Gasteiger partial charge >= 0.3 is 5.97 Å². The number of nitrogens with one attached hydrogen (secondary N) is 1. The van der Waals surface area contributed by atoms with Crippen LogP contribution in [0.4, 0.5) is 0 Å². The van der Waals surface area contributed by atoms with Gasteiger partial charge in [-0.15, -0.1) is 0 Å². The van der Waals surface area contributed by atoms with Crippen LogP contribution < -0.4 is 5.32 Å². The number of ether oxygens (including phenoxy) is 3. The van der Waals surface area contributed by atoms with E-state index in [1.54, 1.807) is 6.08 Å². The summed E-state index contributed by atoms with van der Waals surface area (Å²) in [4.78, 5) is 25.1. The van der Waals surface area contributed by atoms with Crippen LogP contribution in [0.1, 0.15) is 290 Å². The molecule has 0 saturated carbocycles. The molecule has 1 aliphatic rings. The number of hydrogen-bond donors (Lipinski definition) is 6. The summed E-state index contributed by atoms with van der Waals surface area (Å²) < 4.78 is 16.7. The van der Waals surface area contributed by atoms with Gasteiger partial charge < -0.3 is 45.1 Å². The molecule has 1 aliphatic heterocycles. The van der Waals surface area contributed by atoms with Crippen molar-refractivity contribution in [2.24, 2.45) is 0 Å². The third-order valence-electron chi connectivity index (χ3n) is 14.7. The van der Waals surface area contributed by atoms with Crippen molar-refractivity contribution in [3.63, 3.8) is 0 Å². The first-order valence-corrected chi connectivity index (χ1v) is 31.3. The molecule has 1 saturated heterocycles. The summed E-state index contributed by atoms with van der Waals surface area (Å²) in [5, 5.41) is 54.4. The number of aliphatic hydroxyl groups excluding tert-OH is 5. The highest BCUT2D eigenvalue weighted by atomic mass is 16.7. The van der Waals surface area contributed by atoms with Crippen LogP contribution >= 0.6 is 0 Å². The van der Waals surface area contributed by atoms with E-state index in [9.17, 15) is 35.1 Å². The Labute approximate surface area is 453 Å². The van der Waals surface area contributed by atoms with Crippen LogP contribution in [0.25, 0.3) is 0 Å². The summed E-state index contributed by atoms with van der Waals surface area (Å²) in [5.41, 5.74) is 0. The minimum atomic E-state index is -1.58. The number of hydrogen-bond acceptors (Lipinski definition) is 10. The maximum Gasteiger partial charge on any atom is 0.305 e. The van der Waals surface area contributed by atoms with Crippen molar-refractivity contribution < 1.29 is 49.3 Å². The first kappa shape index (κ1) is 69.9. The van der Waals surface area contributed by atoms with Gasteiger partial charge in [0, 0.05) is 12.8 Å². The predicted molar refractivity (Wildman–Crippen MR) is 306 cm³/mol. The van der Waals surface area contributed by atoms with Crippen LogP contribution in [-0.2, 0) is 23.8 Å². The van der Waals surface area contributed by atoms with E-state index in [-0.39, 0.29) is 18.5 Å². The molecule has 0 aromatic heterocycles. The molecular formula is C63H117NO10. The SMILES string of the molecule is CCCCCCC/C=C/CC/C=C/CC/C=C/C(O)C(COC1OC(CO)C(O)C(O)C1O)NC(=O)CCCCCCCCCCCCCCCCCCCCCCOC(=O)CCCCCCCCCCCCC. The average Bonchev–Trinajstić information content (AvgIpc) is 3.40. The Balaban J connectivity index is 2.10. The van der Waals surface area contributed by atoms with Crippen LogP contribution in [0.5, 0.6) is 0 Å². The van der Waals surface area contributed by atoms with Gasteiger partial charge in [0.15, 0.2) is 6.29 Å². The van der Waals surface area contributed by atoms with E-state index in [4.69, 9.17) is 14.2 Å². The fourth-order valence-electron chi connectivity index (χ4n) is 9.76. The number of carbonyl (C=O) groups excluding carboxylic acids is 2. The highest BCUT2D eigenvalue weighted by Gasteiger charge is 2.44. The second-order valence-corrected chi connectivity index (χ2v) is 21.8. The first-order valence-electron chi connectivity index (χ1n) is 31.3. The Bertz CT molecular complexity index is 1320. The van der Waals surface area contributed by atoms with Gasteiger partial charge in [-0.1, -0.05) is 256 Å². The predicted octanol–water partition coefficient (Wildman–Crippen LogP) is 14.7. The number of unbranched alkanes of at least 4 members (excludes halogenated alkanes) is 36. The third kappa shape index (κ3) is 42.0. The van der Waals surface area contributed by atoms with E-state index in [0.717, 1.165) is 77.0 Å². The maximum absolute atomic E-state index is 13.1. The zero-order chi connectivity index (χ0) is 53.8. The molecule has 1 heterocycles. The standard InChI is InChI=1S/C63H117NO10/c1-3-5-7-9-11-13-15-16-23-26-30-33-37-41-45-49-56(66)55(54-73-63-62(71)61(70)60(69)57(53-65)74-63)64-58(67)50-46-42-38-34-31-27-24-21-19-17-18-20-22-25-28-32-36-40-44-48-52-72-59(68)51-47-43-39-35-29-14-12-10-8-6-4-2/h15-16,30,33,45,49,55-57,60-63,65-66,69-71H,3-14,17-29,31-32,34-44,46-48,50-54H2,1-2H3,(H,64,67)/b16-15+,33-30+,49-45+. The summed E-state index contributed by atoms with van der Waals surface area (Å²) in [6, 6.07) is -0.836. The maximum atomic E-state index is 13.1. The zero-order valence-electron chi connectivity index (χ0n) is 47.8. The van der Waals surface area contributed by atoms with E-state index in [0.29, 0.717) is 19.4 Å². The van der Waals surface area contributed by atoms with Gasteiger partial charge in [0.2, 0.25) is 5.91 Å².